The van der Waals surface area contributed by atoms with Crippen molar-refractivity contribution in [2.45, 2.75) is 26.7 Å². The smallest absolute Gasteiger partial charge is 0.258 e. The molecular weight excluding hydrogens is 190 g/mol. The third-order valence-electron chi connectivity index (χ3n) is 1.84. The van der Waals surface area contributed by atoms with Crippen molar-refractivity contribution >= 4 is 11.8 Å². The van der Waals surface area contributed by atoms with Gasteiger partial charge in [0.1, 0.15) is 0 Å². The van der Waals surface area contributed by atoms with Crippen LogP contribution in [0.3, 0.4) is 0 Å². The van der Waals surface area contributed by atoms with E-state index >= 15 is 0 Å². The largest absolute Gasteiger partial charge is 0.269 e. The molecule has 0 saturated heterocycles. The minimum Gasteiger partial charge on any atom is -0.258 e. The number of hydrogen-bond acceptors (Lipinski definition) is 2. The first-order valence-electron chi connectivity index (χ1n) is 5.02. The van der Waals surface area contributed by atoms with Crippen molar-refractivity contribution < 1.29 is 4.92 Å². The molecule has 0 unspecified atom stereocenters. The van der Waals surface area contributed by atoms with E-state index in [1.807, 2.05) is 0 Å². The fourth-order valence-corrected chi connectivity index (χ4v) is 0.732. The van der Waals surface area contributed by atoms with Crippen LogP contribution in [0.2, 0.25) is 0 Å². The van der Waals surface area contributed by atoms with Gasteiger partial charge in [0.15, 0.2) is 0 Å². The Bertz CT molecular complexity index is 302. The van der Waals surface area contributed by atoms with Gasteiger partial charge in [0.2, 0.25) is 0 Å². The Morgan fingerprint density at radius 3 is 2.00 bits per heavy atom. The maximum Gasteiger partial charge on any atom is 0.269 e. The highest BCUT2D eigenvalue weighted by Gasteiger charge is 2.01. The van der Waals surface area contributed by atoms with E-state index in [0.717, 1.165) is 5.56 Å². The van der Waals surface area contributed by atoms with E-state index in [1.165, 1.54) is 25.0 Å². The van der Waals surface area contributed by atoms with E-state index in [0.29, 0.717) is 0 Å². The van der Waals surface area contributed by atoms with Crippen LogP contribution in [0.5, 0.6) is 0 Å². The third-order valence-corrected chi connectivity index (χ3v) is 1.84. The van der Waals surface area contributed by atoms with Gasteiger partial charge in [0.05, 0.1) is 4.92 Å². The molecule has 0 aliphatic rings. The second-order valence-electron chi connectivity index (χ2n) is 3.05. The summed E-state index contributed by atoms with van der Waals surface area (Å²) in [6, 6.07) is 6.23. The Morgan fingerprint density at radius 2 is 1.73 bits per heavy atom. The van der Waals surface area contributed by atoms with E-state index < -0.39 is 4.92 Å². The molecular formula is C12H17NO2. The Morgan fingerprint density at radius 1 is 1.27 bits per heavy atom. The molecule has 0 radical (unpaired) electrons. The highest BCUT2D eigenvalue weighted by Crippen LogP contribution is 2.11. The average Bonchev–Trinajstić information content (AvgIpc) is 2.29. The predicted octanol–water partition coefficient (Wildman–Crippen LogP) is 4.04. The number of nitro benzene ring substituents is 1. The van der Waals surface area contributed by atoms with Crippen LogP contribution in [0.1, 0.15) is 32.3 Å². The second-order valence-corrected chi connectivity index (χ2v) is 3.05. The van der Waals surface area contributed by atoms with Crippen LogP contribution in [0, 0.1) is 10.1 Å². The molecule has 0 amide bonds. The van der Waals surface area contributed by atoms with Gasteiger partial charge in [-0.1, -0.05) is 39.3 Å². The maximum atomic E-state index is 10.2. The highest BCUT2D eigenvalue weighted by atomic mass is 16.6. The van der Waals surface area contributed by atoms with Crippen molar-refractivity contribution in [1.29, 1.82) is 0 Å². The molecule has 0 fully saturated rings. The molecule has 0 atom stereocenters. The first-order valence-corrected chi connectivity index (χ1v) is 5.02. The number of hydrogen-bond donors (Lipinski definition) is 0. The van der Waals surface area contributed by atoms with Crippen molar-refractivity contribution in [3.63, 3.8) is 0 Å². The van der Waals surface area contributed by atoms with Gasteiger partial charge in [-0.3, -0.25) is 10.1 Å². The molecule has 0 N–H and O–H groups in total. The van der Waals surface area contributed by atoms with Crippen LogP contribution < -0.4 is 0 Å². The molecule has 82 valence electrons. The SMILES string of the molecule is C=Cc1ccc([N+](=O)[O-])cc1.CCCC. The van der Waals surface area contributed by atoms with E-state index in [1.54, 1.807) is 18.2 Å². The Labute approximate surface area is 90.6 Å². The van der Waals surface area contributed by atoms with Gasteiger partial charge in [-0.2, -0.15) is 0 Å². The van der Waals surface area contributed by atoms with Gasteiger partial charge < -0.3 is 0 Å². The predicted molar refractivity (Wildman–Crippen MR) is 63.8 cm³/mol. The van der Waals surface area contributed by atoms with Crippen LogP contribution >= 0.6 is 0 Å². The first-order chi connectivity index (χ1) is 7.15. The van der Waals surface area contributed by atoms with Crippen LogP contribution in [-0.4, -0.2) is 4.92 Å². The van der Waals surface area contributed by atoms with E-state index in [9.17, 15) is 10.1 Å². The van der Waals surface area contributed by atoms with Gasteiger partial charge in [-0.25, -0.2) is 0 Å². The van der Waals surface area contributed by atoms with Crippen molar-refractivity contribution in [3.8, 4) is 0 Å². The van der Waals surface area contributed by atoms with Crippen molar-refractivity contribution in [2.75, 3.05) is 0 Å². The fraction of sp³-hybridized carbons (Fsp3) is 0.333. The number of rotatable bonds is 3. The number of benzene rings is 1. The third kappa shape index (κ3) is 5.62. The summed E-state index contributed by atoms with van der Waals surface area (Å²) in [5.74, 6) is 0. The lowest BCUT2D eigenvalue weighted by Crippen LogP contribution is -1.86. The Balaban J connectivity index is 0.000000423. The van der Waals surface area contributed by atoms with Gasteiger partial charge in [-0.05, 0) is 17.7 Å². The Kier molecular flexibility index (Phi) is 6.89. The highest BCUT2D eigenvalue weighted by molar-refractivity contribution is 5.49. The summed E-state index contributed by atoms with van der Waals surface area (Å²) in [5.41, 5.74) is 0.992. The zero-order chi connectivity index (χ0) is 11.7. The molecule has 0 aliphatic carbocycles. The number of non-ortho nitro benzene ring substituents is 1. The average molecular weight is 207 g/mol. The molecule has 0 spiro atoms. The standard InChI is InChI=1S/C8H7NO2.C4H10/c1-2-7-3-5-8(6-4-7)9(10)11;1-3-4-2/h2-6H,1H2;3-4H2,1-2H3. The summed E-state index contributed by atoms with van der Waals surface area (Å²) >= 11 is 0. The molecule has 1 aromatic rings. The molecule has 1 rings (SSSR count). The fourth-order valence-electron chi connectivity index (χ4n) is 0.732. The van der Waals surface area contributed by atoms with Crippen LogP contribution in [0.4, 0.5) is 5.69 Å². The molecule has 3 nitrogen and oxygen atoms in total. The topological polar surface area (TPSA) is 43.1 Å². The summed E-state index contributed by atoms with van der Waals surface area (Å²) in [6.07, 6.45) is 4.28. The van der Waals surface area contributed by atoms with Crippen molar-refractivity contribution in [3.05, 3.63) is 46.5 Å². The summed E-state index contributed by atoms with van der Waals surface area (Å²) in [4.78, 5) is 9.76. The van der Waals surface area contributed by atoms with Gasteiger partial charge >= 0.3 is 0 Å². The number of unbranched alkanes of at least 4 members (excludes halogenated alkanes) is 1. The first kappa shape index (κ1) is 13.4. The van der Waals surface area contributed by atoms with Crippen LogP contribution in [0.15, 0.2) is 30.8 Å². The summed E-state index contributed by atoms with van der Waals surface area (Å²) in [6.45, 7) is 7.90. The number of nitrogens with zero attached hydrogens (tertiary/aromatic N) is 1. The molecule has 0 bridgehead atoms. The molecule has 3 heteroatoms. The minimum atomic E-state index is -0.424. The molecule has 0 aromatic heterocycles. The lowest BCUT2D eigenvalue weighted by Gasteiger charge is -1.91. The van der Waals surface area contributed by atoms with E-state index in [-0.39, 0.29) is 5.69 Å². The molecule has 1 aromatic carbocycles. The number of nitro groups is 1. The van der Waals surface area contributed by atoms with Gasteiger partial charge in [-0.15, -0.1) is 0 Å². The van der Waals surface area contributed by atoms with Crippen LogP contribution in [-0.2, 0) is 0 Å². The van der Waals surface area contributed by atoms with E-state index in [2.05, 4.69) is 20.4 Å². The quantitative estimate of drug-likeness (QED) is 0.554. The second kappa shape index (κ2) is 7.74. The molecule has 0 aliphatic heterocycles. The zero-order valence-electron chi connectivity index (χ0n) is 9.27. The molecule has 0 heterocycles. The van der Waals surface area contributed by atoms with Crippen molar-refractivity contribution in [2.24, 2.45) is 0 Å². The van der Waals surface area contributed by atoms with Crippen LogP contribution in [0.25, 0.3) is 6.08 Å². The summed E-state index contributed by atoms with van der Waals surface area (Å²) < 4.78 is 0. The molecule has 0 saturated carbocycles. The summed E-state index contributed by atoms with van der Waals surface area (Å²) in [5, 5.41) is 10.2. The van der Waals surface area contributed by atoms with Gasteiger partial charge in [0.25, 0.3) is 5.69 Å². The lowest BCUT2D eigenvalue weighted by molar-refractivity contribution is -0.384. The normalized spacial score (nSPS) is 8.67. The molecule has 15 heavy (non-hydrogen) atoms. The zero-order valence-corrected chi connectivity index (χ0v) is 9.27. The Hall–Kier alpha value is -1.64. The van der Waals surface area contributed by atoms with Crippen molar-refractivity contribution in [1.82, 2.24) is 0 Å². The maximum absolute atomic E-state index is 10.2. The minimum absolute atomic E-state index is 0.107. The van der Waals surface area contributed by atoms with Gasteiger partial charge in [0, 0.05) is 12.1 Å². The lowest BCUT2D eigenvalue weighted by atomic mass is 10.2. The monoisotopic (exact) mass is 207 g/mol. The summed E-state index contributed by atoms with van der Waals surface area (Å²) in [7, 11) is 0. The van der Waals surface area contributed by atoms with E-state index in [4.69, 9.17) is 0 Å².